The van der Waals surface area contributed by atoms with Crippen LogP contribution < -0.4 is 0 Å². The Kier molecular flexibility index (Phi) is 8.73. The molecule has 8 nitrogen and oxygen atoms in total. The Morgan fingerprint density at radius 3 is 2.26 bits per heavy atom. The Hall–Kier alpha value is -1.84. The van der Waals surface area contributed by atoms with Crippen LogP contribution in [0.1, 0.15) is 57.8 Å². The molecule has 5 atom stereocenters. The molecule has 1 fully saturated rings. The number of hydrogen-bond donors (Lipinski definition) is 2. The molecule has 0 aliphatic carbocycles. The van der Waals surface area contributed by atoms with Crippen LogP contribution in [-0.2, 0) is 23.7 Å². The van der Waals surface area contributed by atoms with Gasteiger partial charge in [-0.2, -0.15) is 0 Å². The summed E-state index contributed by atoms with van der Waals surface area (Å²) in [5.41, 5.74) is -1.37. The Bertz CT molecular complexity index is 734. The van der Waals surface area contributed by atoms with Gasteiger partial charge in [-0.3, -0.25) is 4.79 Å². The van der Waals surface area contributed by atoms with Crippen molar-refractivity contribution in [1.82, 2.24) is 0 Å². The zero-order valence-electron chi connectivity index (χ0n) is 18.9. The van der Waals surface area contributed by atoms with Crippen LogP contribution in [-0.4, -0.2) is 71.0 Å². The van der Waals surface area contributed by atoms with Crippen molar-refractivity contribution >= 4 is 11.8 Å². The van der Waals surface area contributed by atoms with Gasteiger partial charge in [0.05, 0.1) is 12.2 Å². The van der Waals surface area contributed by atoms with Gasteiger partial charge in [-0.1, -0.05) is 44.2 Å². The molecule has 0 amide bonds. The number of Topliss-reactive ketones (excluding diaryl/α,β-unsaturated/α-hetero) is 1. The Morgan fingerprint density at radius 1 is 1.03 bits per heavy atom. The quantitative estimate of drug-likeness (QED) is 0.400. The van der Waals surface area contributed by atoms with Gasteiger partial charge in [0, 0.05) is 5.56 Å². The van der Waals surface area contributed by atoms with E-state index in [1.54, 1.807) is 37.3 Å². The first kappa shape index (κ1) is 25.4. The second-order valence-electron chi connectivity index (χ2n) is 8.51. The minimum absolute atomic E-state index is 0.0308. The summed E-state index contributed by atoms with van der Waals surface area (Å²) in [6.07, 6.45) is -3.91. The van der Waals surface area contributed by atoms with Gasteiger partial charge in [0.25, 0.3) is 0 Å². The zero-order chi connectivity index (χ0) is 23.2. The normalized spacial score (nSPS) is 25.8. The van der Waals surface area contributed by atoms with E-state index >= 15 is 0 Å². The minimum atomic E-state index is -1.50. The lowest BCUT2D eigenvalue weighted by Gasteiger charge is -2.31. The summed E-state index contributed by atoms with van der Waals surface area (Å²) in [6, 6.07) is 8.63. The van der Waals surface area contributed by atoms with Crippen LogP contribution in [0.3, 0.4) is 0 Å². The maximum atomic E-state index is 12.9. The van der Waals surface area contributed by atoms with Gasteiger partial charge in [-0.05, 0) is 33.6 Å². The van der Waals surface area contributed by atoms with Crippen molar-refractivity contribution in [2.24, 2.45) is 0 Å². The van der Waals surface area contributed by atoms with Crippen molar-refractivity contribution in [3.63, 3.8) is 0 Å². The molecule has 8 heteroatoms. The molecule has 0 radical (unpaired) electrons. The van der Waals surface area contributed by atoms with Gasteiger partial charge >= 0.3 is 5.97 Å². The van der Waals surface area contributed by atoms with E-state index in [9.17, 15) is 19.8 Å². The monoisotopic (exact) mass is 438 g/mol. The maximum absolute atomic E-state index is 12.9. The molecular formula is C23H34O8. The third kappa shape index (κ3) is 6.57. The average Bonchev–Trinajstić information content (AvgIpc) is 3.04. The van der Waals surface area contributed by atoms with E-state index in [2.05, 4.69) is 0 Å². The number of benzene rings is 1. The number of ketones is 1. The fraction of sp³-hybridized carbons (Fsp3) is 0.652. The zero-order valence-corrected chi connectivity index (χ0v) is 18.9. The lowest BCUT2D eigenvalue weighted by atomic mass is 10.0. The number of esters is 1. The van der Waals surface area contributed by atoms with Gasteiger partial charge in [0.1, 0.15) is 18.8 Å². The number of carbonyl (C=O) groups excluding carboxylic acids is 2. The first-order valence-electron chi connectivity index (χ1n) is 10.6. The lowest BCUT2D eigenvalue weighted by molar-refractivity contribution is -0.183. The highest BCUT2D eigenvalue weighted by molar-refractivity contribution is 5.97. The average molecular weight is 439 g/mol. The molecule has 1 saturated heterocycles. The first-order chi connectivity index (χ1) is 14.5. The molecule has 2 N–H and O–H groups in total. The van der Waals surface area contributed by atoms with Crippen LogP contribution in [0.4, 0.5) is 0 Å². The fourth-order valence-electron chi connectivity index (χ4n) is 2.89. The molecule has 31 heavy (non-hydrogen) atoms. The molecule has 1 aliphatic rings. The smallest absolute Gasteiger partial charge is 0.338 e. The van der Waals surface area contributed by atoms with Crippen LogP contribution in [0, 0.1) is 0 Å². The number of carbonyl (C=O) groups is 2. The standard InChI is InChI=1S/C23H34O8/c1-6-22(3,4)28-14-17-19(18(25)20(26)30-17)31-21(27)23(5,7-2)29-13-16(24)15-11-9-8-10-12-15/h8-12,17-20,25-26H,6-7,13-14H2,1-5H3/t17-,18-,19+,20+,23?/m1/s1. The van der Waals surface area contributed by atoms with Gasteiger partial charge in [-0.25, -0.2) is 4.79 Å². The third-order valence-corrected chi connectivity index (χ3v) is 5.77. The Morgan fingerprint density at radius 2 is 1.68 bits per heavy atom. The fourth-order valence-corrected chi connectivity index (χ4v) is 2.89. The molecule has 2 rings (SSSR count). The summed E-state index contributed by atoms with van der Waals surface area (Å²) in [6.45, 7) is 8.77. The summed E-state index contributed by atoms with van der Waals surface area (Å²) >= 11 is 0. The highest BCUT2D eigenvalue weighted by atomic mass is 16.7. The predicted octanol–water partition coefficient (Wildman–Crippen LogP) is 2.25. The minimum Gasteiger partial charge on any atom is -0.454 e. The van der Waals surface area contributed by atoms with Crippen molar-refractivity contribution in [3.05, 3.63) is 35.9 Å². The van der Waals surface area contributed by atoms with E-state index in [1.165, 1.54) is 6.92 Å². The molecule has 174 valence electrons. The van der Waals surface area contributed by atoms with Crippen molar-refractivity contribution in [2.75, 3.05) is 13.2 Å². The summed E-state index contributed by atoms with van der Waals surface area (Å²) in [5.74, 6) is -1.02. The van der Waals surface area contributed by atoms with Gasteiger partial charge < -0.3 is 29.2 Å². The van der Waals surface area contributed by atoms with Crippen molar-refractivity contribution in [2.45, 2.75) is 83.3 Å². The van der Waals surface area contributed by atoms with Gasteiger partial charge in [0.15, 0.2) is 23.8 Å². The topological polar surface area (TPSA) is 112 Å². The van der Waals surface area contributed by atoms with E-state index in [1.807, 2.05) is 20.8 Å². The molecule has 0 spiro atoms. The van der Waals surface area contributed by atoms with Gasteiger partial charge in [-0.15, -0.1) is 0 Å². The van der Waals surface area contributed by atoms with Crippen LogP contribution in [0.5, 0.6) is 0 Å². The lowest BCUT2D eigenvalue weighted by Crippen LogP contribution is -2.47. The number of aliphatic hydroxyl groups excluding tert-OH is 2. The first-order valence-corrected chi connectivity index (χ1v) is 10.6. The van der Waals surface area contributed by atoms with Crippen LogP contribution >= 0.6 is 0 Å². The van der Waals surface area contributed by atoms with E-state index in [0.29, 0.717) is 5.56 Å². The largest absolute Gasteiger partial charge is 0.454 e. The molecular weight excluding hydrogens is 404 g/mol. The molecule has 0 saturated carbocycles. The molecule has 1 unspecified atom stereocenters. The van der Waals surface area contributed by atoms with E-state index in [-0.39, 0.29) is 25.4 Å². The van der Waals surface area contributed by atoms with Crippen molar-refractivity contribution < 1.29 is 38.7 Å². The SMILES string of the molecule is CCC(C)(C)OC[C@H]1O[C@H](O)[C@H](O)[C@H]1OC(=O)C(C)(CC)OCC(=O)c1ccccc1. The van der Waals surface area contributed by atoms with Crippen molar-refractivity contribution in [1.29, 1.82) is 0 Å². The number of aliphatic hydroxyl groups is 2. The number of rotatable bonds is 11. The Balaban J connectivity index is 2.03. The molecule has 0 aromatic heterocycles. The molecule has 1 aliphatic heterocycles. The summed E-state index contributed by atoms with van der Waals surface area (Å²) in [7, 11) is 0. The van der Waals surface area contributed by atoms with E-state index < -0.39 is 41.8 Å². The maximum Gasteiger partial charge on any atom is 0.338 e. The molecule has 1 aromatic rings. The number of ether oxygens (including phenoxy) is 4. The third-order valence-electron chi connectivity index (χ3n) is 5.77. The second kappa shape index (κ2) is 10.7. The van der Waals surface area contributed by atoms with E-state index in [4.69, 9.17) is 18.9 Å². The van der Waals surface area contributed by atoms with Crippen molar-refractivity contribution in [3.8, 4) is 0 Å². The summed E-state index contributed by atoms with van der Waals surface area (Å²) < 4.78 is 22.3. The summed E-state index contributed by atoms with van der Waals surface area (Å²) in [4.78, 5) is 25.3. The number of hydrogen-bond acceptors (Lipinski definition) is 8. The summed E-state index contributed by atoms with van der Waals surface area (Å²) in [5, 5.41) is 20.2. The Labute approximate surface area is 183 Å². The molecule has 0 bridgehead atoms. The predicted molar refractivity (Wildman–Crippen MR) is 113 cm³/mol. The van der Waals surface area contributed by atoms with Crippen LogP contribution in [0.2, 0.25) is 0 Å². The van der Waals surface area contributed by atoms with Crippen LogP contribution in [0.25, 0.3) is 0 Å². The van der Waals surface area contributed by atoms with Gasteiger partial charge in [0.2, 0.25) is 0 Å². The highest BCUT2D eigenvalue weighted by Crippen LogP contribution is 2.28. The highest BCUT2D eigenvalue weighted by Gasteiger charge is 2.48. The molecule has 1 heterocycles. The second-order valence-corrected chi connectivity index (χ2v) is 8.51. The molecule has 1 aromatic carbocycles. The van der Waals surface area contributed by atoms with E-state index in [0.717, 1.165) is 6.42 Å². The van der Waals surface area contributed by atoms with Crippen LogP contribution in [0.15, 0.2) is 30.3 Å².